The fourth-order valence-corrected chi connectivity index (χ4v) is 1.74. The summed E-state index contributed by atoms with van der Waals surface area (Å²) in [4.78, 5) is 10.4. The SMILES string of the molecule is Cc1c(Cl)ccc(-n2cnnn2)c1CNC=O. The van der Waals surface area contributed by atoms with Crippen molar-refractivity contribution in [2.45, 2.75) is 13.5 Å². The molecule has 1 heterocycles. The highest BCUT2D eigenvalue weighted by molar-refractivity contribution is 6.31. The molecule has 1 aromatic heterocycles. The average Bonchev–Trinajstić information content (AvgIpc) is 2.84. The van der Waals surface area contributed by atoms with Crippen LogP contribution < -0.4 is 5.32 Å². The first-order chi connectivity index (χ1) is 8.24. The van der Waals surface area contributed by atoms with Crippen LogP contribution >= 0.6 is 11.6 Å². The van der Waals surface area contributed by atoms with Gasteiger partial charge in [0.1, 0.15) is 6.33 Å². The fraction of sp³-hybridized carbons (Fsp3) is 0.200. The molecule has 6 nitrogen and oxygen atoms in total. The molecule has 0 bridgehead atoms. The fourth-order valence-electron chi connectivity index (χ4n) is 1.57. The van der Waals surface area contributed by atoms with Gasteiger partial charge in [-0.2, -0.15) is 0 Å². The molecule has 88 valence electrons. The summed E-state index contributed by atoms with van der Waals surface area (Å²) < 4.78 is 1.53. The van der Waals surface area contributed by atoms with Gasteiger partial charge in [-0.1, -0.05) is 11.6 Å². The molecule has 0 radical (unpaired) electrons. The van der Waals surface area contributed by atoms with E-state index in [0.717, 1.165) is 16.8 Å². The molecule has 1 N–H and O–H groups in total. The lowest BCUT2D eigenvalue weighted by atomic mass is 10.1. The van der Waals surface area contributed by atoms with Gasteiger partial charge in [-0.15, -0.1) is 5.10 Å². The molecule has 7 heteroatoms. The summed E-state index contributed by atoms with van der Waals surface area (Å²) in [5, 5.41) is 14.2. The Morgan fingerprint density at radius 2 is 2.35 bits per heavy atom. The molecule has 2 rings (SSSR count). The lowest BCUT2D eigenvalue weighted by Gasteiger charge is -2.12. The Bertz CT molecular complexity index is 526. The molecule has 17 heavy (non-hydrogen) atoms. The summed E-state index contributed by atoms with van der Waals surface area (Å²) in [5.41, 5.74) is 2.58. The number of halogens is 1. The second-order valence-electron chi connectivity index (χ2n) is 3.42. The van der Waals surface area contributed by atoms with E-state index in [9.17, 15) is 4.79 Å². The summed E-state index contributed by atoms with van der Waals surface area (Å²) in [7, 11) is 0. The summed E-state index contributed by atoms with van der Waals surface area (Å²) in [5.74, 6) is 0. The van der Waals surface area contributed by atoms with Gasteiger partial charge in [0.25, 0.3) is 0 Å². The summed E-state index contributed by atoms with van der Waals surface area (Å²) in [6.45, 7) is 2.27. The molecule has 0 aliphatic carbocycles. The van der Waals surface area contributed by atoms with Crippen LogP contribution in [0, 0.1) is 6.92 Å². The number of tetrazole rings is 1. The van der Waals surface area contributed by atoms with E-state index in [1.807, 2.05) is 13.0 Å². The third-order valence-corrected chi connectivity index (χ3v) is 2.88. The molecule has 0 saturated carbocycles. The summed E-state index contributed by atoms with van der Waals surface area (Å²) >= 11 is 6.05. The van der Waals surface area contributed by atoms with E-state index in [0.29, 0.717) is 18.0 Å². The number of carbonyl (C=O) groups excluding carboxylic acids is 1. The first-order valence-electron chi connectivity index (χ1n) is 4.92. The zero-order chi connectivity index (χ0) is 12.3. The van der Waals surface area contributed by atoms with E-state index in [2.05, 4.69) is 20.8 Å². The Morgan fingerprint density at radius 1 is 1.53 bits per heavy atom. The highest BCUT2D eigenvalue weighted by Gasteiger charge is 2.11. The number of aromatic nitrogens is 4. The third kappa shape index (κ3) is 2.26. The van der Waals surface area contributed by atoms with Crippen LogP contribution in [0.2, 0.25) is 5.02 Å². The Morgan fingerprint density at radius 3 is 3.00 bits per heavy atom. The van der Waals surface area contributed by atoms with Gasteiger partial charge in [0.2, 0.25) is 6.41 Å². The maximum Gasteiger partial charge on any atom is 0.207 e. The lowest BCUT2D eigenvalue weighted by molar-refractivity contribution is -0.109. The normalized spacial score (nSPS) is 10.2. The topological polar surface area (TPSA) is 72.7 Å². The van der Waals surface area contributed by atoms with E-state index < -0.39 is 0 Å². The number of benzene rings is 1. The zero-order valence-corrected chi connectivity index (χ0v) is 9.85. The molecule has 0 spiro atoms. The Labute approximate surface area is 103 Å². The van der Waals surface area contributed by atoms with Gasteiger partial charge in [0, 0.05) is 17.1 Å². The van der Waals surface area contributed by atoms with Crippen molar-refractivity contribution in [3.63, 3.8) is 0 Å². The van der Waals surface area contributed by atoms with Crippen molar-refractivity contribution >= 4 is 18.0 Å². The van der Waals surface area contributed by atoms with Crippen molar-refractivity contribution in [3.8, 4) is 5.69 Å². The van der Waals surface area contributed by atoms with Crippen molar-refractivity contribution in [1.82, 2.24) is 25.5 Å². The minimum absolute atomic E-state index is 0.380. The van der Waals surface area contributed by atoms with Crippen molar-refractivity contribution in [3.05, 3.63) is 34.6 Å². The minimum Gasteiger partial charge on any atom is -0.355 e. The van der Waals surface area contributed by atoms with Gasteiger partial charge in [-0.25, -0.2) is 4.68 Å². The van der Waals surface area contributed by atoms with Gasteiger partial charge in [0.05, 0.1) is 5.69 Å². The zero-order valence-electron chi connectivity index (χ0n) is 9.09. The van der Waals surface area contributed by atoms with E-state index in [4.69, 9.17) is 11.6 Å². The number of carbonyl (C=O) groups is 1. The molecule has 0 aliphatic heterocycles. The van der Waals surface area contributed by atoms with Crippen LogP contribution in [0.25, 0.3) is 5.69 Å². The first kappa shape index (κ1) is 11.5. The van der Waals surface area contributed by atoms with Crippen molar-refractivity contribution in [2.75, 3.05) is 0 Å². The van der Waals surface area contributed by atoms with Gasteiger partial charge < -0.3 is 5.32 Å². The average molecular weight is 252 g/mol. The van der Waals surface area contributed by atoms with Crippen LogP contribution in [0.5, 0.6) is 0 Å². The number of rotatable bonds is 4. The predicted octanol–water partition coefficient (Wildman–Crippen LogP) is 0.870. The second-order valence-corrected chi connectivity index (χ2v) is 3.83. The molecule has 1 aromatic carbocycles. The van der Waals surface area contributed by atoms with Crippen molar-refractivity contribution in [2.24, 2.45) is 0 Å². The van der Waals surface area contributed by atoms with Crippen LogP contribution in [-0.4, -0.2) is 26.6 Å². The number of nitrogens with one attached hydrogen (secondary N) is 1. The molecule has 1 amide bonds. The monoisotopic (exact) mass is 251 g/mol. The van der Waals surface area contributed by atoms with Crippen LogP contribution in [0.3, 0.4) is 0 Å². The van der Waals surface area contributed by atoms with Crippen LogP contribution in [0.15, 0.2) is 18.5 Å². The highest BCUT2D eigenvalue weighted by atomic mass is 35.5. The highest BCUT2D eigenvalue weighted by Crippen LogP contribution is 2.24. The van der Waals surface area contributed by atoms with Gasteiger partial charge in [-0.3, -0.25) is 4.79 Å². The molecular formula is C10H10ClN5O. The van der Waals surface area contributed by atoms with Crippen LogP contribution in [0.4, 0.5) is 0 Å². The predicted molar refractivity (Wildman–Crippen MR) is 61.8 cm³/mol. The Balaban J connectivity index is 2.51. The number of hydrogen-bond donors (Lipinski definition) is 1. The number of amides is 1. The molecule has 0 atom stereocenters. The van der Waals surface area contributed by atoms with Gasteiger partial charge in [-0.05, 0) is 35.0 Å². The van der Waals surface area contributed by atoms with Gasteiger partial charge in [0.15, 0.2) is 0 Å². The first-order valence-corrected chi connectivity index (χ1v) is 5.30. The Hall–Kier alpha value is -1.95. The maximum atomic E-state index is 10.4. The van der Waals surface area contributed by atoms with E-state index >= 15 is 0 Å². The molecule has 0 saturated heterocycles. The second kappa shape index (κ2) is 4.92. The molecule has 0 unspecified atom stereocenters. The number of nitrogens with zero attached hydrogens (tertiary/aromatic N) is 4. The van der Waals surface area contributed by atoms with Crippen molar-refractivity contribution < 1.29 is 4.79 Å². The largest absolute Gasteiger partial charge is 0.355 e. The standard InChI is InChI=1S/C10H10ClN5O/c1-7-8(4-12-6-17)10(3-2-9(7)11)16-5-13-14-15-16/h2-3,5-6H,4H2,1H3,(H,12,17). The third-order valence-electron chi connectivity index (χ3n) is 2.47. The van der Waals surface area contributed by atoms with Crippen molar-refractivity contribution in [1.29, 1.82) is 0 Å². The van der Waals surface area contributed by atoms with Gasteiger partial charge >= 0.3 is 0 Å². The van der Waals surface area contributed by atoms with E-state index in [1.54, 1.807) is 6.07 Å². The number of hydrogen-bond acceptors (Lipinski definition) is 4. The maximum absolute atomic E-state index is 10.4. The summed E-state index contributed by atoms with van der Waals surface area (Å²) in [6.07, 6.45) is 2.14. The molecular weight excluding hydrogens is 242 g/mol. The summed E-state index contributed by atoms with van der Waals surface area (Å²) in [6, 6.07) is 3.59. The van der Waals surface area contributed by atoms with E-state index in [-0.39, 0.29) is 0 Å². The lowest BCUT2D eigenvalue weighted by Crippen LogP contribution is -2.14. The Kier molecular flexibility index (Phi) is 3.34. The molecule has 0 aliphatic rings. The molecule has 2 aromatic rings. The quantitative estimate of drug-likeness (QED) is 0.819. The smallest absolute Gasteiger partial charge is 0.207 e. The van der Waals surface area contributed by atoms with Crippen LogP contribution in [-0.2, 0) is 11.3 Å². The molecule has 0 fully saturated rings. The van der Waals surface area contributed by atoms with Crippen LogP contribution in [0.1, 0.15) is 11.1 Å². The minimum atomic E-state index is 0.380. The van der Waals surface area contributed by atoms with E-state index in [1.165, 1.54) is 11.0 Å².